The topological polar surface area (TPSA) is 64.9 Å². The van der Waals surface area contributed by atoms with Crippen molar-refractivity contribution >= 4 is 0 Å². The molecule has 1 unspecified atom stereocenters. The van der Waals surface area contributed by atoms with Gasteiger partial charge in [0.05, 0.1) is 11.7 Å². The summed E-state index contributed by atoms with van der Waals surface area (Å²) < 4.78 is 0. The molecule has 1 aromatic heterocycles. The van der Waals surface area contributed by atoms with Gasteiger partial charge in [0.25, 0.3) is 0 Å². The van der Waals surface area contributed by atoms with E-state index in [-0.39, 0.29) is 6.04 Å². The molecule has 0 aliphatic rings. The van der Waals surface area contributed by atoms with Gasteiger partial charge in [-0.3, -0.25) is 4.98 Å². The summed E-state index contributed by atoms with van der Waals surface area (Å²) in [6.07, 6.45) is 0. The van der Waals surface area contributed by atoms with Crippen molar-refractivity contribution in [2.24, 2.45) is 11.5 Å². The average molecular weight is 193 g/mol. The maximum Gasteiger partial charge on any atom is 0.0619 e. The van der Waals surface area contributed by atoms with E-state index in [4.69, 9.17) is 11.5 Å². The number of aromatic nitrogens is 1. The third kappa shape index (κ3) is 1.79. The van der Waals surface area contributed by atoms with Crippen LogP contribution in [0.2, 0.25) is 0 Å². The lowest BCUT2D eigenvalue weighted by Crippen LogP contribution is -2.23. The SMILES string of the molecule is Cc1nc(C(N)CN)c(C)c(C)c1C. The molecule has 0 aliphatic heterocycles. The fourth-order valence-electron chi connectivity index (χ4n) is 1.57. The number of aryl methyl sites for hydroxylation is 1. The van der Waals surface area contributed by atoms with E-state index >= 15 is 0 Å². The first-order valence-corrected chi connectivity index (χ1v) is 4.89. The van der Waals surface area contributed by atoms with Crippen molar-refractivity contribution in [3.8, 4) is 0 Å². The predicted molar refractivity (Wildman–Crippen MR) is 59.2 cm³/mol. The second-order valence-electron chi connectivity index (χ2n) is 3.80. The third-order valence-electron chi connectivity index (χ3n) is 2.95. The first kappa shape index (κ1) is 11.1. The van der Waals surface area contributed by atoms with Gasteiger partial charge in [-0.15, -0.1) is 0 Å². The van der Waals surface area contributed by atoms with E-state index in [1.54, 1.807) is 0 Å². The monoisotopic (exact) mass is 193 g/mol. The smallest absolute Gasteiger partial charge is 0.0619 e. The molecule has 14 heavy (non-hydrogen) atoms. The maximum atomic E-state index is 5.90. The summed E-state index contributed by atoms with van der Waals surface area (Å²) in [6, 6.07) is -0.145. The molecular weight excluding hydrogens is 174 g/mol. The summed E-state index contributed by atoms with van der Waals surface area (Å²) >= 11 is 0. The van der Waals surface area contributed by atoms with Crippen molar-refractivity contribution in [1.29, 1.82) is 0 Å². The minimum atomic E-state index is -0.145. The van der Waals surface area contributed by atoms with E-state index in [1.165, 1.54) is 16.7 Å². The van der Waals surface area contributed by atoms with Crippen molar-refractivity contribution in [3.05, 3.63) is 28.1 Å². The Bertz CT molecular complexity index is 345. The molecule has 1 rings (SSSR count). The predicted octanol–water partition coefficient (Wildman–Crippen LogP) is 1.27. The quantitative estimate of drug-likeness (QED) is 0.743. The van der Waals surface area contributed by atoms with Gasteiger partial charge in [-0.2, -0.15) is 0 Å². The molecule has 4 N–H and O–H groups in total. The molecule has 0 saturated heterocycles. The zero-order chi connectivity index (χ0) is 10.9. The van der Waals surface area contributed by atoms with Gasteiger partial charge < -0.3 is 11.5 Å². The number of rotatable bonds is 2. The number of pyridine rings is 1. The fraction of sp³-hybridized carbons (Fsp3) is 0.545. The molecule has 0 amide bonds. The molecule has 0 spiro atoms. The van der Waals surface area contributed by atoms with Crippen LogP contribution in [0, 0.1) is 27.7 Å². The van der Waals surface area contributed by atoms with Crippen LogP contribution in [0.1, 0.15) is 34.1 Å². The summed E-state index contributed by atoms with van der Waals surface area (Å²) in [5.41, 5.74) is 17.1. The zero-order valence-corrected chi connectivity index (χ0v) is 9.39. The van der Waals surface area contributed by atoms with Crippen LogP contribution in [-0.4, -0.2) is 11.5 Å². The van der Waals surface area contributed by atoms with Gasteiger partial charge in [0.2, 0.25) is 0 Å². The van der Waals surface area contributed by atoms with Crippen molar-refractivity contribution < 1.29 is 0 Å². The molecule has 0 aromatic carbocycles. The highest BCUT2D eigenvalue weighted by Gasteiger charge is 2.13. The highest BCUT2D eigenvalue weighted by molar-refractivity contribution is 5.38. The van der Waals surface area contributed by atoms with E-state index < -0.39 is 0 Å². The van der Waals surface area contributed by atoms with Gasteiger partial charge in [0.1, 0.15) is 0 Å². The van der Waals surface area contributed by atoms with Crippen molar-refractivity contribution in [3.63, 3.8) is 0 Å². The fourth-order valence-corrected chi connectivity index (χ4v) is 1.57. The molecule has 0 saturated carbocycles. The zero-order valence-electron chi connectivity index (χ0n) is 9.39. The Morgan fingerprint density at radius 3 is 2.14 bits per heavy atom. The Balaban J connectivity index is 3.33. The van der Waals surface area contributed by atoms with Crippen molar-refractivity contribution in [1.82, 2.24) is 4.98 Å². The van der Waals surface area contributed by atoms with Crippen LogP contribution < -0.4 is 11.5 Å². The van der Waals surface area contributed by atoms with Crippen LogP contribution in [0.3, 0.4) is 0 Å². The maximum absolute atomic E-state index is 5.90. The Morgan fingerprint density at radius 2 is 1.64 bits per heavy atom. The molecule has 0 radical (unpaired) electrons. The summed E-state index contributed by atoms with van der Waals surface area (Å²) in [6.45, 7) is 8.69. The second kappa shape index (κ2) is 4.07. The average Bonchev–Trinajstić information content (AvgIpc) is 2.19. The number of nitrogens with two attached hydrogens (primary N) is 2. The van der Waals surface area contributed by atoms with E-state index in [0.29, 0.717) is 6.54 Å². The van der Waals surface area contributed by atoms with Crippen molar-refractivity contribution in [2.45, 2.75) is 33.7 Å². The lowest BCUT2D eigenvalue weighted by molar-refractivity contribution is 0.698. The van der Waals surface area contributed by atoms with E-state index in [0.717, 1.165) is 11.4 Å². The van der Waals surface area contributed by atoms with Gasteiger partial charge in [-0.1, -0.05) is 0 Å². The van der Waals surface area contributed by atoms with Crippen LogP contribution >= 0.6 is 0 Å². The molecule has 0 bridgehead atoms. The Hall–Kier alpha value is -0.930. The van der Waals surface area contributed by atoms with Gasteiger partial charge in [-0.05, 0) is 44.4 Å². The highest BCUT2D eigenvalue weighted by Crippen LogP contribution is 2.21. The first-order chi connectivity index (χ1) is 6.49. The van der Waals surface area contributed by atoms with E-state index in [1.807, 2.05) is 6.92 Å². The molecule has 1 atom stereocenters. The summed E-state index contributed by atoms with van der Waals surface area (Å²) in [5.74, 6) is 0. The van der Waals surface area contributed by atoms with Crippen LogP contribution in [0.25, 0.3) is 0 Å². The Morgan fingerprint density at radius 1 is 1.07 bits per heavy atom. The molecule has 1 heterocycles. The normalized spacial score (nSPS) is 13.0. The minimum Gasteiger partial charge on any atom is -0.329 e. The van der Waals surface area contributed by atoms with E-state index in [9.17, 15) is 0 Å². The van der Waals surface area contributed by atoms with Gasteiger partial charge in [0.15, 0.2) is 0 Å². The molecule has 1 aromatic rings. The highest BCUT2D eigenvalue weighted by atomic mass is 14.8. The summed E-state index contributed by atoms with van der Waals surface area (Å²) in [4.78, 5) is 4.50. The Kier molecular flexibility index (Phi) is 3.24. The van der Waals surface area contributed by atoms with Crippen LogP contribution in [0.15, 0.2) is 0 Å². The molecule has 78 valence electrons. The number of hydrogen-bond donors (Lipinski definition) is 2. The van der Waals surface area contributed by atoms with Gasteiger partial charge >= 0.3 is 0 Å². The first-order valence-electron chi connectivity index (χ1n) is 4.89. The standard InChI is InChI=1S/C11H19N3/c1-6-7(2)9(4)14-11(8(6)3)10(13)5-12/h10H,5,12-13H2,1-4H3. The largest absolute Gasteiger partial charge is 0.329 e. The summed E-state index contributed by atoms with van der Waals surface area (Å²) in [7, 11) is 0. The van der Waals surface area contributed by atoms with E-state index in [2.05, 4.69) is 25.8 Å². The van der Waals surface area contributed by atoms with Gasteiger partial charge in [-0.25, -0.2) is 0 Å². The molecule has 3 nitrogen and oxygen atoms in total. The lowest BCUT2D eigenvalue weighted by Gasteiger charge is -2.16. The van der Waals surface area contributed by atoms with Crippen LogP contribution in [-0.2, 0) is 0 Å². The third-order valence-corrected chi connectivity index (χ3v) is 2.95. The number of nitrogens with zero attached hydrogens (tertiary/aromatic N) is 1. The molecule has 0 aliphatic carbocycles. The van der Waals surface area contributed by atoms with Crippen LogP contribution in [0.4, 0.5) is 0 Å². The number of hydrogen-bond acceptors (Lipinski definition) is 3. The second-order valence-corrected chi connectivity index (χ2v) is 3.80. The Labute approximate surface area is 85.5 Å². The summed E-state index contributed by atoms with van der Waals surface area (Å²) in [5, 5.41) is 0. The lowest BCUT2D eigenvalue weighted by atomic mass is 9.99. The van der Waals surface area contributed by atoms with Crippen LogP contribution in [0.5, 0.6) is 0 Å². The molecule has 3 heteroatoms. The molecule has 0 fully saturated rings. The van der Waals surface area contributed by atoms with Gasteiger partial charge in [0, 0.05) is 12.2 Å². The van der Waals surface area contributed by atoms with Crippen molar-refractivity contribution in [2.75, 3.05) is 6.54 Å². The molecular formula is C11H19N3. The minimum absolute atomic E-state index is 0.145.